The maximum atomic E-state index is 11.9. The lowest BCUT2D eigenvalue weighted by Crippen LogP contribution is -2.52. The van der Waals surface area contributed by atoms with E-state index >= 15 is 0 Å². The molecule has 2 aliphatic rings. The Kier molecular flexibility index (Phi) is 4.10. The molecule has 2 fully saturated rings. The van der Waals surface area contributed by atoms with E-state index in [1.54, 1.807) is 4.90 Å². The fourth-order valence-corrected chi connectivity index (χ4v) is 3.12. The number of hydrogen-bond donors (Lipinski definition) is 0. The summed E-state index contributed by atoms with van der Waals surface area (Å²) >= 11 is 0. The minimum atomic E-state index is -0.440. The Hall–Kier alpha value is -1.59. The third-order valence-electron chi connectivity index (χ3n) is 4.28. The van der Waals surface area contributed by atoms with E-state index in [1.165, 1.54) is 25.7 Å². The molecule has 1 saturated carbocycles. The zero-order valence-electron chi connectivity index (χ0n) is 13.7. The van der Waals surface area contributed by atoms with Gasteiger partial charge in [0.15, 0.2) is 5.82 Å². The van der Waals surface area contributed by atoms with Crippen molar-refractivity contribution in [3.63, 3.8) is 0 Å². The summed E-state index contributed by atoms with van der Waals surface area (Å²) < 4.78 is 10.7. The summed E-state index contributed by atoms with van der Waals surface area (Å²) in [4.78, 5) is 18.1. The van der Waals surface area contributed by atoms with E-state index in [4.69, 9.17) is 9.26 Å². The molecule has 6 nitrogen and oxygen atoms in total. The molecule has 1 aliphatic carbocycles. The molecular formula is C16H25N3O3. The van der Waals surface area contributed by atoms with Crippen LogP contribution in [-0.4, -0.2) is 39.8 Å². The fourth-order valence-electron chi connectivity index (χ4n) is 3.12. The van der Waals surface area contributed by atoms with Gasteiger partial charge in [0, 0.05) is 31.3 Å². The molecule has 122 valence electrons. The van der Waals surface area contributed by atoms with Crippen LogP contribution in [0.1, 0.15) is 64.1 Å². The zero-order chi connectivity index (χ0) is 15.7. The van der Waals surface area contributed by atoms with Gasteiger partial charge in [0.05, 0.1) is 0 Å². The number of hydrogen-bond acceptors (Lipinski definition) is 5. The van der Waals surface area contributed by atoms with E-state index in [1.807, 2.05) is 20.8 Å². The smallest absolute Gasteiger partial charge is 0.410 e. The number of amides is 1. The molecule has 1 aromatic heterocycles. The molecule has 0 radical (unpaired) electrons. The summed E-state index contributed by atoms with van der Waals surface area (Å²) in [5.74, 6) is 2.45. The predicted molar refractivity (Wildman–Crippen MR) is 80.5 cm³/mol. The maximum Gasteiger partial charge on any atom is 0.410 e. The minimum Gasteiger partial charge on any atom is -0.444 e. The molecule has 0 N–H and O–H groups in total. The molecule has 22 heavy (non-hydrogen) atoms. The van der Waals surface area contributed by atoms with Crippen LogP contribution >= 0.6 is 0 Å². The van der Waals surface area contributed by atoms with Gasteiger partial charge in [0.1, 0.15) is 5.60 Å². The Bertz CT molecular complexity index is 523. The maximum absolute atomic E-state index is 11.9. The summed E-state index contributed by atoms with van der Waals surface area (Å²) in [6.45, 7) is 7.05. The fraction of sp³-hybridized carbons (Fsp3) is 0.812. The van der Waals surface area contributed by atoms with Crippen molar-refractivity contribution in [1.82, 2.24) is 15.0 Å². The normalized spacial score (nSPS) is 20.2. The molecule has 2 heterocycles. The lowest BCUT2D eigenvalue weighted by atomic mass is 9.97. The standard InChI is InChI=1S/C16H25N3O3/c1-16(2,3)21-15(20)19-9-11(10-19)8-13-17-14(18-22-13)12-6-4-5-7-12/h11-12H,4-10H2,1-3H3. The summed E-state index contributed by atoms with van der Waals surface area (Å²) in [6.07, 6.45) is 5.40. The van der Waals surface area contributed by atoms with Gasteiger partial charge < -0.3 is 14.2 Å². The van der Waals surface area contributed by atoms with Gasteiger partial charge in [-0.15, -0.1) is 0 Å². The average molecular weight is 307 g/mol. The van der Waals surface area contributed by atoms with Gasteiger partial charge in [-0.05, 0) is 33.6 Å². The number of aromatic nitrogens is 2. The largest absolute Gasteiger partial charge is 0.444 e. The van der Waals surface area contributed by atoms with Crippen LogP contribution in [0.5, 0.6) is 0 Å². The van der Waals surface area contributed by atoms with Crippen molar-refractivity contribution in [3.8, 4) is 0 Å². The summed E-state index contributed by atoms with van der Waals surface area (Å²) in [7, 11) is 0. The Morgan fingerprint density at radius 3 is 2.64 bits per heavy atom. The molecule has 0 aromatic carbocycles. The molecule has 1 saturated heterocycles. The van der Waals surface area contributed by atoms with Crippen molar-refractivity contribution in [3.05, 3.63) is 11.7 Å². The lowest BCUT2D eigenvalue weighted by Gasteiger charge is -2.39. The van der Waals surface area contributed by atoms with E-state index in [-0.39, 0.29) is 6.09 Å². The first-order valence-corrected chi connectivity index (χ1v) is 8.21. The Labute approximate surface area is 131 Å². The number of likely N-dealkylation sites (tertiary alicyclic amines) is 1. The van der Waals surface area contributed by atoms with Crippen molar-refractivity contribution < 1.29 is 14.1 Å². The number of rotatable bonds is 3. The first-order chi connectivity index (χ1) is 10.4. The Balaban J connectivity index is 1.45. The van der Waals surface area contributed by atoms with Gasteiger partial charge in [0.2, 0.25) is 5.89 Å². The highest BCUT2D eigenvalue weighted by Gasteiger charge is 2.35. The van der Waals surface area contributed by atoms with Crippen molar-refractivity contribution in [2.75, 3.05) is 13.1 Å². The second-order valence-corrected chi connectivity index (χ2v) is 7.48. The summed E-state index contributed by atoms with van der Waals surface area (Å²) in [6, 6.07) is 0. The molecule has 0 bridgehead atoms. The number of nitrogens with zero attached hydrogens (tertiary/aromatic N) is 3. The van der Waals surface area contributed by atoms with Crippen LogP contribution in [0.25, 0.3) is 0 Å². The van der Waals surface area contributed by atoms with Crippen molar-refractivity contribution in [1.29, 1.82) is 0 Å². The van der Waals surface area contributed by atoms with Gasteiger partial charge in [-0.3, -0.25) is 0 Å². The molecule has 0 atom stereocenters. The summed E-state index contributed by atoms with van der Waals surface area (Å²) in [5.41, 5.74) is -0.440. The van der Waals surface area contributed by atoms with E-state index in [2.05, 4.69) is 10.1 Å². The molecular weight excluding hydrogens is 282 g/mol. The van der Waals surface area contributed by atoms with Crippen LogP contribution in [0.4, 0.5) is 4.79 Å². The number of carbonyl (C=O) groups excluding carboxylic acids is 1. The monoisotopic (exact) mass is 307 g/mol. The van der Waals surface area contributed by atoms with Crippen molar-refractivity contribution in [2.24, 2.45) is 5.92 Å². The van der Waals surface area contributed by atoms with Gasteiger partial charge in [-0.1, -0.05) is 18.0 Å². The molecule has 3 rings (SSSR count). The van der Waals surface area contributed by atoms with Crippen molar-refractivity contribution in [2.45, 2.75) is 64.4 Å². The van der Waals surface area contributed by atoms with E-state index in [0.717, 1.165) is 12.2 Å². The second kappa shape index (κ2) is 5.89. The third kappa shape index (κ3) is 3.59. The van der Waals surface area contributed by atoms with Crippen molar-refractivity contribution >= 4 is 6.09 Å². The SMILES string of the molecule is CC(C)(C)OC(=O)N1CC(Cc2nc(C3CCCC3)no2)C1. The van der Waals surface area contributed by atoms with E-state index in [9.17, 15) is 4.79 Å². The van der Waals surface area contributed by atoms with Crippen LogP contribution in [0.3, 0.4) is 0 Å². The third-order valence-corrected chi connectivity index (χ3v) is 4.28. The highest BCUT2D eigenvalue weighted by Crippen LogP contribution is 2.32. The molecule has 1 aromatic rings. The summed E-state index contributed by atoms with van der Waals surface area (Å²) in [5, 5.41) is 4.12. The molecule has 1 amide bonds. The van der Waals surface area contributed by atoms with E-state index < -0.39 is 5.60 Å². The lowest BCUT2D eigenvalue weighted by molar-refractivity contribution is -0.00186. The zero-order valence-corrected chi connectivity index (χ0v) is 13.7. The van der Waals surface area contributed by atoms with Gasteiger partial charge in [0.25, 0.3) is 0 Å². The highest BCUT2D eigenvalue weighted by atomic mass is 16.6. The van der Waals surface area contributed by atoms with Crippen LogP contribution < -0.4 is 0 Å². The van der Waals surface area contributed by atoms with Gasteiger partial charge >= 0.3 is 6.09 Å². The molecule has 1 aliphatic heterocycles. The number of carbonyl (C=O) groups is 1. The average Bonchev–Trinajstić information content (AvgIpc) is 3.01. The molecule has 0 spiro atoms. The van der Waals surface area contributed by atoms with Crippen LogP contribution in [0, 0.1) is 5.92 Å². The second-order valence-electron chi connectivity index (χ2n) is 7.48. The van der Waals surface area contributed by atoms with Crippen LogP contribution in [0.15, 0.2) is 4.52 Å². The predicted octanol–water partition coefficient (Wildman–Crippen LogP) is 3.14. The Morgan fingerprint density at radius 1 is 1.32 bits per heavy atom. The van der Waals surface area contributed by atoms with Crippen LogP contribution in [0.2, 0.25) is 0 Å². The first-order valence-electron chi connectivity index (χ1n) is 8.21. The van der Waals surface area contributed by atoms with Gasteiger partial charge in [-0.25, -0.2) is 4.79 Å². The Morgan fingerprint density at radius 2 is 2.00 bits per heavy atom. The molecule has 0 unspecified atom stereocenters. The minimum absolute atomic E-state index is 0.235. The van der Waals surface area contributed by atoms with Crippen LogP contribution in [-0.2, 0) is 11.2 Å². The first kappa shape index (κ1) is 15.3. The topological polar surface area (TPSA) is 68.5 Å². The highest BCUT2D eigenvalue weighted by molar-refractivity contribution is 5.69. The molecule has 6 heteroatoms. The van der Waals surface area contributed by atoms with Gasteiger partial charge in [-0.2, -0.15) is 4.98 Å². The quantitative estimate of drug-likeness (QED) is 0.858. The van der Waals surface area contributed by atoms with E-state index in [0.29, 0.717) is 30.8 Å². The number of ether oxygens (including phenoxy) is 1.